The molecule has 0 bridgehead atoms. The highest BCUT2D eigenvalue weighted by molar-refractivity contribution is 6.68. The number of ketones is 1. The normalized spacial score (nSPS) is 13.6. The van der Waals surface area contributed by atoms with Gasteiger partial charge in [-0.15, -0.1) is 0 Å². The van der Waals surface area contributed by atoms with Crippen LogP contribution in [0.4, 0.5) is 0 Å². The summed E-state index contributed by atoms with van der Waals surface area (Å²) in [5.74, 6) is -0.251. The Bertz CT molecular complexity index is 368. The second-order valence-electron chi connectivity index (χ2n) is 3.55. The van der Waals surface area contributed by atoms with Gasteiger partial charge < -0.3 is 5.11 Å². The van der Waals surface area contributed by atoms with E-state index in [1.807, 2.05) is 19.1 Å². The highest BCUT2D eigenvalue weighted by atomic mass is 35.6. The lowest BCUT2D eigenvalue weighted by atomic mass is 10.0. The highest BCUT2D eigenvalue weighted by Gasteiger charge is 2.32. The van der Waals surface area contributed by atoms with Crippen LogP contribution in [0.15, 0.2) is 24.3 Å². The molecule has 1 atom stereocenters. The first-order valence-corrected chi connectivity index (χ1v) is 5.79. The first-order chi connectivity index (χ1) is 7.30. The molecular formula is C11H11Cl3O2. The van der Waals surface area contributed by atoms with Crippen molar-refractivity contribution in [2.45, 2.75) is 23.2 Å². The van der Waals surface area contributed by atoms with Gasteiger partial charge in [0.25, 0.3) is 0 Å². The van der Waals surface area contributed by atoms with Crippen molar-refractivity contribution >= 4 is 40.6 Å². The number of alkyl halides is 3. The third kappa shape index (κ3) is 3.95. The largest absolute Gasteiger partial charge is 0.388 e. The minimum atomic E-state index is -1.83. The van der Waals surface area contributed by atoms with E-state index in [0.29, 0.717) is 5.56 Å². The molecule has 5 heteroatoms. The maximum atomic E-state index is 11.7. The van der Waals surface area contributed by atoms with Crippen molar-refractivity contribution in [3.8, 4) is 0 Å². The minimum Gasteiger partial charge on any atom is -0.388 e. The summed E-state index contributed by atoms with van der Waals surface area (Å²) in [6, 6.07) is 7.00. The molecule has 0 aliphatic carbocycles. The standard InChI is InChI=1S/C11H11Cl3O2/c1-7-2-4-8(5-3-7)9(15)6-10(16)11(12,13)14/h2-5,10,16H,6H2,1H3. The van der Waals surface area contributed by atoms with Crippen LogP contribution in [0.1, 0.15) is 22.3 Å². The smallest absolute Gasteiger partial charge is 0.216 e. The average Bonchev–Trinajstić information content (AvgIpc) is 2.17. The summed E-state index contributed by atoms with van der Waals surface area (Å²) in [6.07, 6.45) is -1.51. The van der Waals surface area contributed by atoms with Gasteiger partial charge in [-0.3, -0.25) is 4.79 Å². The minimum absolute atomic E-state index is 0.209. The SMILES string of the molecule is Cc1ccc(C(=O)CC(O)C(Cl)(Cl)Cl)cc1. The molecule has 1 unspecified atom stereocenters. The summed E-state index contributed by atoms with van der Waals surface area (Å²) in [7, 11) is 0. The van der Waals surface area contributed by atoms with Crippen molar-refractivity contribution in [1.82, 2.24) is 0 Å². The molecule has 88 valence electrons. The second kappa shape index (κ2) is 5.37. The fraction of sp³-hybridized carbons (Fsp3) is 0.364. The fourth-order valence-electron chi connectivity index (χ4n) is 1.15. The molecule has 1 N–H and O–H groups in total. The fourth-order valence-corrected chi connectivity index (χ4v) is 1.38. The highest BCUT2D eigenvalue weighted by Crippen LogP contribution is 2.32. The Hall–Kier alpha value is -0.280. The van der Waals surface area contributed by atoms with Crippen LogP contribution in [0, 0.1) is 6.92 Å². The molecule has 16 heavy (non-hydrogen) atoms. The van der Waals surface area contributed by atoms with E-state index in [1.54, 1.807) is 12.1 Å². The lowest BCUT2D eigenvalue weighted by molar-refractivity contribution is 0.0885. The van der Waals surface area contributed by atoms with Crippen molar-refractivity contribution < 1.29 is 9.90 Å². The Morgan fingerprint density at radius 1 is 1.31 bits per heavy atom. The summed E-state index contributed by atoms with van der Waals surface area (Å²) >= 11 is 16.4. The van der Waals surface area contributed by atoms with E-state index in [2.05, 4.69) is 0 Å². The molecule has 2 nitrogen and oxygen atoms in total. The van der Waals surface area contributed by atoms with Gasteiger partial charge in [0.05, 0.1) is 0 Å². The van der Waals surface area contributed by atoms with Crippen LogP contribution in [0.3, 0.4) is 0 Å². The number of halogens is 3. The van der Waals surface area contributed by atoms with Crippen LogP contribution in [-0.2, 0) is 0 Å². The summed E-state index contributed by atoms with van der Waals surface area (Å²) in [5.41, 5.74) is 1.55. The number of benzene rings is 1. The third-order valence-electron chi connectivity index (χ3n) is 2.13. The number of hydrogen-bond acceptors (Lipinski definition) is 2. The zero-order valence-corrected chi connectivity index (χ0v) is 10.9. The van der Waals surface area contributed by atoms with Crippen molar-refractivity contribution in [1.29, 1.82) is 0 Å². The van der Waals surface area contributed by atoms with E-state index in [4.69, 9.17) is 34.8 Å². The van der Waals surface area contributed by atoms with Gasteiger partial charge in [-0.05, 0) is 6.92 Å². The monoisotopic (exact) mass is 280 g/mol. The molecule has 1 aromatic rings. The van der Waals surface area contributed by atoms with Crippen molar-refractivity contribution in [2.75, 3.05) is 0 Å². The number of carbonyl (C=O) groups is 1. The lowest BCUT2D eigenvalue weighted by Gasteiger charge is -2.17. The Morgan fingerprint density at radius 2 is 1.81 bits per heavy atom. The maximum absolute atomic E-state index is 11.7. The summed E-state index contributed by atoms with van der Waals surface area (Å²) < 4.78 is -1.83. The van der Waals surface area contributed by atoms with Crippen LogP contribution >= 0.6 is 34.8 Å². The number of Topliss-reactive ketones (excluding diaryl/α,β-unsaturated/α-hetero) is 1. The Labute approximate surface area is 109 Å². The number of carbonyl (C=O) groups excluding carboxylic acids is 1. The molecule has 0 spiro atoms. The molecule has 0 radical (unpaired) electrons. The van der Waals surface area contributed by atoms with Crippen LogP contribution < -0.4 is 0 Å². The van der Waals surface area contributed by atoms with Gasteiger partial charge in [-0.2, -0.15) is 0 Å². The number of hydrogen-bond donors (Lipinski definition) is 1. The van der Waals surface area contributed by atoms with E-state index < -0.39 is 9.90 Å². The molecule has 0 aliphatic rings. The topological polar surface area (TPSA) is 37.3 Å². The molecular weight excluding hydrogens is 270 g/mol. The lowest BCUT2D eigenvalue weighted by Crippen LogP contribution is -2.28. The first kappa shape index (κ1) is 13.8. The van der Waals surface area contributed by atoms with Crippen molar-refractivity contribution in [3.63, 3.8) is 0 Å². The molecule has 0 saturated heterocycles. The van der Waals surface area contributed by atoms with Gasteiger partial charge in [0, 0.05) is 12.0 Å². The van der Waals surface area contributed by atoms with Gasteiger partial charge in [-0.25, -0.2) is 0 Å². The zero-order valence-electron chi connectivity index (χ0n) is 8.58. The predicted molar refractivity (Wildman–Crippen MR) is 66.4 cm³/mol. The number of aliphatic hydroxyl groups is 1. The van der Waals surface area contributed by atoms with E-state index in [-0.39, 0.29) is 12.2 Å². The third-order valence-corrected chi connectivity index (χ3v) is 2.89. The zero-order chi connectivity index (χ0) is 12.3. The quantitative estimate of drug-likeness (QED) is 0.682. The Kier molecular flexibility index (Phi) is 4.62. The van der Waals surface area contributed by atoms with Gasteiger partial charge in [0.2, 0.25) is 3.79 Å². The van der Waals surface area contributed by atoms with Crippen molar-refractivity contribution in [2.24, 2.45) is 0 Å². The average molecular weight is 282 g/mol. The maximum Gasteiger partial charge on any atom is 0.216 e. The summed E-state index contributed by atoms with van der Waals surface area (Å²) in [6.45, 7) is 1.92. The van der Waals surface area contributed by atoms with Crippen LogP contribution in [0.5, 0.6) is 0 Å². The van der Waals surface area contributed by atoms with Crippen LogP contribution in [0.2, 0.25) is 0 Å². The van der Waals surface area contributed by atoms with Crippen LogP contribution in [0.25, 0.3) is 0 Å². The van der Waals surface area contributed by atoms with E-state index in [1.165, 1.54) is 0 Å². The molecule has 1 rings (SSSR count). The molecule has 0 amide bonds. The molecule has 0 saturated carbocycles. The number of aryl methyl sites for hydroxylation is 1. The van der Waals surface area contributed by atoms with Crippen molar-refractivity contribution in [3.05, 3.63) is 35.4 Å². The second-order valence-corrected chi connectivity index (χ2v) is 5.92. The van der Waals surface area contributed by atoms with E-state index in [0.717, 1.165) is 5.56 Å². The van der Waals surface area contributed by atoms with Gasteiger partial charge >= 0.3 is 0 Å². The molecule has 0 heterocycles. The molecule has 0 fully saturated rings. The molecule has 0 aromatic heterocycles. The van der Waals surface area contributed by atoms with Gasteiger partial charge in [0.1, 0.15) is 6.10 Å². The van der Waals surface area contributed by atoms with Gasteiger partial charge in [-0.1, -0.05) is 64.6 Å². The summed E-state index contributed by atoms with van der Waals surface area (Å²) in [5, 5.41) is 9.46. The number of rotatable bonds is 3. The Balaban J connectivity index is 2.70. The molecule has 0 aliphatic heterocycles. The van der Waals surface area contributed by atoms with E-state index in [9.17, 15) is 9.90 Å². The Morgan fingerprint density at radius 3 is 2.25 bits per heavy atom. The van der Waals surface area contributed by atoms with Gasteiger partial charge in [0.15, 0.2) is 5.78 Å². The number of aliphatic hydroxyl groups excluding tert-OH is 1. The summed E-state index contributed by atoms with van der Waals surface area (Å²) in [4.78, 5) is 11.7. The van der Waals surface area contributed by atoms with E-state index >= 15 is 0 Å². The first-order valence-electron chi connectivity index (χ1n) is 4.65. The van der Waals surface area contributed by atoms with Crippen LogP contribution in [-0.4, -0.2) is 20.8 Å². The predicted octanol–water partition coefficient (Wildman–Crippen LogP) is 3.30. The molecule has 1 aromatic carbocycles.